The number of furan rings is 1. The number of pyridine rings is 2. The van der Waals surface area contributed by atoms with Crippen molar-refractivity contribution in [1.82, 2.24) is 9.97 Å². The first kappa shape index (κ1) is 25.2. The van der Waals surface area contributed by atoms with E-state index in [1.54, 1.807) is 12.3 Å². The van der Waals surface area contributed by atoms with Crippen LogP contribution < -0.4 is 0 Å². The number of rotatable bonds is 7. The molecule has 1 N–H and O–H groups in total. The average Bonchev–Trinajstić information content (AvgIpc) is 3.51. The van der Waals surface area contributed by atoms with Crippen LogP contribution in [0.15, 0.2) is 58.8 Å². The number of aromatic nitrogens is 2. The molecule has 0 amide bonds. The minimum atomic E-state index is -2.29. The van der Waals surface area contributed by atoms with E-state index in [1.807, 2.05) is 52.0 Å². The summed E-state index contributed by atoms with van der Waals surface area (Å²) in [7, 11) is 0. The van der Waals surface area contributed by atoms with Crippen LogP contribution in [-0.4, -0.2) is 20.9 Å². The standard InChI is InChI=1S/C22H19N2O.C11H20O2.Ir/c1-14-9-10-18-17-7-4-8-19(21(17)25-22(18)24-14)20-13-16(11-12-23-20)15-5-2-3-6-15;1-8(2)5-10(12)7-11(13)6-9(3)4;/h4,7,9-13,15H,2-3,5-6H2,1H3;7-9,12H,5-6H2,1-4H3;/q-1;;/b;10-7-;/i1D3,15D;;. The molecule has 0 aliphatic heterocycles. The number of carbonyl (C=O) groups is 1. The Bertz CT molecular complexity index is 1590. The molecular formula is C33H39IrN2O3-. The average molecular weight is 708 g/mol. The monoisotopic (exact) mass is 708 g/mol. The summed E-state index contributed by atoms with van der Waals surface area (Å²) in [5.41, 5.74) is 3.23. The minimum absolute atomic E-state index is 0. The molecule has 5 nitrogen and oxygen atoms in total. The van der Waals surface area contributed by atoms with Gasteiger partial charge in [0.15, 0.2) is 5.78 Å². The Labute approximate surface area is 251 Å². The molecule has 209 valence electrons. The van der Waals surface area contributed by atoms with Crippen molar-refractivity contribution in [1.29, 1.82) is 0 Å². The van der Waals surface area contributed by atoms with Gasteiger partial charge in [-0.05, 0) is 61.3 Å². The Morgan fingerprint density at radius 2 is 1.90 bits per heavy atom. The second-order valence-corrected chi connectivity index (χ2v) is 10.8. The van der Waals surface area contributed by atoms with Crippen molar-refractivity contribution in [2.24, 2.45) is 11.8 Å². The number of allylic oxidation sites excluding steroid dienone is 2. The zero-order valence-corrected chi connectivity index (χ0v) is 25.4. The predicted octanol–water partition coefficient (Wildman–Crippen LogP) is 8.90. The SMILES string of the molecule is CC(C)CC(=O)/C=C(\O)CC(C)C.[2H]C([2H])([2H])c1ccc2c(n1)oc1c(-c3cc(C4([2H])CCCC4)ccn3)[c-]ccc12.[Ir]. The number of fused-ring (bicyclic) bond motifs is 3. The maximum atomic E-state index is 11.2. The van der Waals surface area contributed by atoms with Crippen LogP contribution >= 0.6 is 0 Å². The van der Waals surface area contributed by atoms with Crippen LogP contribution in [0.3, 0.4) is 0 Å². The minimum Gasteiger partial charge on any atom is -0.512 e. The number of hydrogen-bond acceptors (Lipinski definition) is 5. The fourth-order valence-electron chi connectivity index (χ4n) is 4.81. The third kappa shape index (κ3) is 8.09. The van der Waals surface area contributed by atoms with E-state index in [9.17, 15) is 9.90 Å². The van der Waals surface area contributed by atoms with Gasteiger partial charge in [-0.2, -0.15) is 0 Å². The third-order valence-corrected chi connectivity index (χ3v) is 6.48. The van der Waals surface area contributed by atoms with Gasteiger partial charge in [0.2, 0.25) is 5.71 Å². The molecule has 3 heterocycles. The van der Waals surface area contributed by atoms with Gasteiger partial charge in [0.05, 0.1) is 11.3 Å². The number of aliphatic hydroxyl groups excluding tert-OH is 1. The van der Waals surface area contributed by atoms with Crippen molar-refractivity contribution >= 4 is 27.9 Å². The van der Waals surface area contributed by atoms with Gasteiger partial charge >= 0.3 is 0 Å². The summed E-state index contributed by atoms with van der Waals surface area (Å²) in [4.78, 5) is 19.9. The maximum absolute atomic E-state index is 11.2. The zero-order valence-electron chi connectivity index (χ0n) is 27.0. The van der Waals surface area contributed by atoms with E-state index in [4.69, 9.17) is 9.90 Å². The van der Waals surface area contributed by atoms with Crippen molar-refractivity contribution in [2.75, 3.05) is 0 Å². The molecule has 1 aromatic carbocycles. The van der Waals surface area contributed by atoms with Crippen LogP contribution in [0.25, 0.3) is 33.3 Å². The number of aryl methyl sites for hydroxylation is 1. The van der Waals surface area contributed by atoms with Crippen molar-refractivity contribution in [3.8, 4) is 11.3 Å². The molecule has 1 radical (unpaired) electrons. The van der Waals surface area contributed by atoms with Crippen LogP contribution in [0.5, 0.6) is 0 Å². The maximum Gasteiger partial charge on any atom is 0.216 e. The number of hydrogen-bond donors (Lipinski definition) is 1. The second-order valence-electron chi connectivity index (χ2n) is 10.8. The third-order valence-electron chi connectivity index (χ3n) is 6.48. The van der Waals surface area contributed by atoms with Crippen LogP contribution in [0, 0.1) is 24.8 Å². The number of ketones is 1. The van der Waals surface area contributed by atoms with E-state index >= 15 is 0 Å². The molecule has 1 aliphatic carbocycles. The Balaban J connectivity index is 0.000000310. The van der Waals surface area contributed by atoms with Crippen molar-refractivity contribution in [3.63, 3.8) is 0 Å². The summed E-state index contributed by atoms with van der Waals surface area (Å²) in [5, 5.41) is 10.9. The van der Waals surface area contributed by atoms with Crippen molar-refractivity contribution in [3.05, 3.63) is 71.8 Å². The van der Waals surface area contributed by atoms with Crippen molar-refractivity contribution < 1.29 is 39.9 Å². The van der Waals surface area contributed by atoms with Crippen LogP contribution in [0.2, 0.25) is 0 Å². The molecule has 1 saturated carbocycles. The van der Waals surface area contributed by atoms with Gasteiger partial charge < -0.3 is 14.5 Å². The number of nitrogens with zero attached hydrogens (tertiary/aromatic N) is 2. The Morgan fingerprint density at radius 1 is 1.15 bits per heavy atom. The molecule has 0 unspecified atom stereocenters. The van der Waals surface area contributed by atoms with E-state index in [2.05, 4.69) is 16.0 Å². The predicted molar refractivity (Wildman–Crippen MR) is 154 cm³/mol. The molecule has 0 saturated heterocycles. The van der Waals surface area contributed by atoms with E-state index < -0.39 is 12.7 Å². The van der Waals surface area contributed by atoms with E-state index in [0.717, 1.165) is 42.0 Å². The molecule has 1 aliphatic rings. The molecule has 1 fully saturated rings. The van der Waals surface area contributed by atoms with E-state index in [0.29, 0.717) is 47.2 Å². The Hall–Kier alpha value is -2.82. The van der Waals surface area contributed by atoms with Gasteiger partial charge in [-0.15, -0.1) is 18.2 Å². The largest absolute Gasteiger partial charge is 0.512 e. The summed E-state index contributed by atoms with van der Waals surface area (Å²) < 4.78 is 37.5. The number of carbonyl (C=O) groups excluding carboxylic acids is 1. The van der Waals surface area contributed by atoms with Crippen molar-refractivity contribution in [2.45, 2.75) is 79.0 Å². The number of aliphatic hydroxyl groups is 1. The Morgan fingerprint density at radius 3 is 2.59 bits per heavy atom. The first-order valence-corrected chi connectivity index (χ1v) is 13.4. The normalized spacial score (nSPS) is 16.7. The first-order chi connectivity index (χ1) is 19.8. The van der Waals surface area contributed by atoms with Gasteiger partial charge in [-0.1, -0.05) is 63.1 Å². The summed E-state index contributed by atoms with van der Waals surface area (Å²) in [5.74, 6) is 0.419. The van der Waals surface area contributed by atoms with Crippen LogP contribution in [0.4, 0.5) is 0 Å². The molecule has 0 bridgehead atoms. The summed E-state index contributed by atoms with van der Waals surface area (Å²) in [6.07, 6.45) is 8.06. The fourth-order valence-corrected chi connectivity index (χ4v) is 4.81. The summed E-state index contributed by atoms with van der Waals surface area (Å²) >= 11 is 0. The molecule has 5 rings (SSSR count). The topological polar surface area (TPSA) is 76.2 Å². The molecule has 6 heteroatoms. The zero-order chi connectivity index (χ0) is 30.7. The van der Waals surface area contributed by atoms with Gasteiger partial charge in [-0.3, -0.25) is 4.79 Å². The quantitative estimate of drug-likeness (QED) is 0.118. The van der Waals surface area contributed by atoms with E-state index in [1.165, 1.54) is 12.1 Å². The Kier molecular flexibility index (Phi) is 9.03. The molecular weight excluding hydrogens is 665 g/mol. The summed E-state index contributed by atoms with van der Waals surface area (Å²) in [6.45, 7) is 5.71. The summed E-state index contributed by atoms with van der Waals surface area (Å²) in [6, 6.07) is 14.0. The van der Waals surface area contributed by atoms with Crippen LogP contribution in [0.1, 0.15) is 88.9 Å². The van der Waals surface area contributed by atoms with Gasteiger partial charge in [0.1, 0.15) is 0 Å². The number of benzene rings is 1. The van der Waals surface area contributed by atoms with Gasteiger partial charge in [-0.25, -0.2) is 4.98 Å². The molecule has 0 atom stereocenters. The molecule has 4 aromatic rings. The fraction of sp³-hybridized carbons (Fsp3) is 0.424. The van der Waals surface area contributed by atoms with Crippen LogP contribution in [-0.2, 0) is 24.9 Å². The first-order valence-electron chi connectivity index (χ1n) is 15.4. The van der Waals surface area contributed by atoms with E-state index in [-0.39, 0.29) is 37.3 Å². The van der Waals surface area contributed by atoms with Gasteiger partial charge in [0, 0.05) is 61.8 Å². The molecule has 3 aromatic heterocycles. The molecule has 0 spiro atoms. The smallest absolute Gasteiger partial charge is 0.216 e. The molecule has 39 heavy (non-hydrogen) atoms. The second kappa shape index (κ2) is 14.0. The van der Waals surface area contributed by atoms with Gasteiger partial charge in [0.25, 0.3) is 0 Å².